The number of fused-ring (bicyclic) bond motifs is 1. The van der Waals surface area contributed by atoms with E-state index in [1.165, 1.54) is 6.20 Å². The van der Waals surface area contributed by atoms with E-state index in [2.05, 4.69) is 25.6 Å². The Bertz CT molecular complexity index is 849. The standard InChI is InChI=1S/C16H15N5O2/c1-2-17-16(23)21-14-9-18-13-8-7-12(19-15(13)20-14)10-3-5-11(22)6-4-10/h3-9,22H,2H2,1H3,(H2,17,19,20,21,23). The number of aromatic hydroxyl groups is 1. The lowest BCUT2D eigenvalue weighted by Gasteiger charge is -2.06. The van der Waals surface area contributed by atoms with E-state index in [9.17, 15) is 9.90 Å². The number of phenolic OH excluding ortho intramolecular Hbond substituents is 1. The van der Waals surface area contributed by atoms with E-state index in [-0.39, 0.29) is 11.8 Å². The molecule has 0 aliphatic heterocycles. The molecule has 0 aliphatic rings. The summed E-state index contributed by atoms with van der Waals surface area (Å²) in [6.07, 6.45) is 1.49. The molecule has 0 bridgehead atoms. The first-order valence-electron chi connectivity index (χ1n) is 7.14. The number of amides is 2. The fourth-order valence-corrected chi connectivity index (χ4v) is 2.07. The Morgan fingerprint density at radius 3 is 2.65 bits per heavy atom. The number of rotatable bonds is 3. The third kappa shape index (κ3) is 3.34. The van der Waals surface area contributed by atoms with Crippen molar-refractivity contribution in [3.63, 3.8) is 0 Å². The Labute approximate surface area is 132 Å². The van der Waals surface area contributed by atoms with Gasteiger partial charge in [-0.25, -0.2) is 19.7 Å². The van der Waals surface area contributed by atoms with Crippen molar-refractivity contribution >= 4 is 23.0 Å². The molecule has 23 heavy (non-hydrogen) atoms. The number of aromatic nitrogens is 3. The van der Waals surface area contributed by atoms with Gasteiger partial charge in [0.05, 0.1) is 11.9 Å². The van der Waals surface area contributed by atoms with Crippen LogP contribution in [0.4, 0.5) is 10.6 Å². The number of nitrogens with zero attached hydrogens (tertiary/aromatic N) is 3. The summed E-state index contributed by atoms with van der Waals surface area (Å²) in [6, 6.07) is 10.0. The maximum absolute atomic E-state index is 11.5. The molecule has 0 aliphatic carbocycles. The van der Waals surface area contributed by atoms with Gasteiger partial charge < -0.3 is 10.4 Å². The summed E-state index contributed by atoms with van der Waals surface area (Å²) in [7, 11) is 0. The van der Waals surface area contributed by atoms with Crippen LogP contribution in [0.5, 0.6) is 5.75 Å². The summed E-state index contributed by atoms with van der Waals surface area (Å²) in [4.78, 5) is 24.5. The number of phenols is 1. The van der Waals surface area contributed by atoms with Gasteiger partial charge in [-0.1, -0.05) is 0 Å². The number of carbonyl (C=O) groups is 1. The quantitative estimate of drug-likeness (QED) is 0.690. The number of hydrogen-bond donors (Lipinski definition) is 3. The van der Waals surface area contributed by atoms with Crippen LogP contribution in [0.15, 0.2) is 42.6 Å². The van der Waals surface area contributed by atoms with Gasteiger partial charge in [-0.2, -0.15) is 0 Å². The molecule has 2 aromatic heterocycles. The second-order valence-corrected chi connectivity index (χ2v) is 4.83. The predicted octanol–water partition coefficient (Wildman–Crippen LogP) is 2.54. The molecule has 3 aromatic rings. The largest absolute Gasteiger partial charge is 0.508 e. The van der Waals surface area contributed by atoms with E-state index in [1.54, 1.807) is 24.3 Å². The summed E-state index contributed by atoms with van der Waals surface area (Å²) in [5, 5.41) is 14.6. The molecule has 0 saturated heterocycles. The van der Waals surface area contributed by atoms with Crippen molar-refractivity contribution in [2.45, 2.75) is 6.92 Å². The van der Waals surface area contributed by atoms with E-state index < -0.39 is 0 Å². The molecule has 2 heterocycles. The minimum atomic E-state index is -0.337. The van der Waals surface area contributed by atoms with Gasteiger partial charge in [-0.3, -0.25) is 5.32 Å². The number of anilines is 1. The normalized spacial score (nSPS) is 10.5. The molecule has 3 rings (SSSR count). The monoisotopic (exact) mass is 309 g/mol. The Hall–Kier alpha value is -3.22. The molecule has 0 atom stereocenters. The van der Waals surface area contributed by atoms with Gasteiger partial charge in [-0.15, -0.1) is 0 Å². The van der Waals surface area contributed by atoms with Crippen LogP contribution in [0.25, 0.3) is 22.4 Å². The number of nitrogens with one attached hydrogen (secondary N) is 2. The van der Waals surface area contributed by atoms with Crippen LogP contribution in [-0.2, 0) is 0 Å². The zero-order valence-corrected chi connectivity index (χ0v) is 12.4. The minimum Gasteiger partial charge on any atom is -0.508 e. The molecule has 0 fully saturated rings. The second-order valence-electron chi connectivity index (χ2n) is 4.83. The highest BCUT2D eigenvalue weighted by Gasteiger charge is 2.07. The lowest BCUT2D eigenvalue weighted by atomic mass is 10.1. The van der Waals surface area contributed by atoms with E-state index in [0.717, 1.165) is 5.56 Å². The van der Waals surface area contributed by atoms with Gasteiger partial charge in [0.2, 0.25) is 0 Å². The summed E-state index contributed by atoms with van der Waals surface area (Å²) in [5.74, 6) is 0.529. The topological polar surface area (TPSA) is 100 Å². The number of benzene rings is 1. The van der Waals surface area contributed by atoms with Gasteiger partial charge in [0.25, 0.3) is 0 Å². The average molecular weight is 309 g/mol. The molecule has 0 unspecified atom stereocenters. The van der Waals surface area contributed by atoms with Crippen molar-refractivity contribution in [1.82, 2.24) is 20.3 Å². The highest BCUT2D eigenvalue weighted by molar-refractivity contribution is 5.89. The fraction of sp³-hybridized carbons (Fsp3) is 0.125. The molecule has 0 spiro atoms. The van der Waals surface area contributed by atoms with Crippen LogP contribution in [0.1, 0.15) is 6.92 Å². The van der Waals surface area contributed by atoms with Crippen molar-refractivity contribution in [3.05, 3.63) is 42.6 Å². The van der Waals surface area contributed by atoms with Crippen molar-refractivity contribution in [2.24, 2.45) is 0 Å². The first-order chi connectivity index (χ1) is 11.2. The Morgan fingerprint density at radius 1 is 1.13 bits per heavy atom. The van der Waals surface area contributed by atoms with Gasteiger partial charge in [0.15, 0.2) is 11.5 Å². The summed E-state index contributed by atoms with van der Waals surface area (Å²) >= 11 is 0. The van der Waals surface area contributed by atoms with Gasteiger partial charge in [0, 0.05) is 12.1 Å². The van der Waals surface area contributed by atoms with Crippen molar-refractivity contribution in [2.75, 3.05) is 11.9 Å². The average Bonchev–Trinajstić information content (AvgIpc) is 2.55. The van der Waals surface area contributed by atoms with Crippen LogP contribution in [0.2, 0.25) is 0 Å². The number of hydrogen-bond acceptors (Lipinski definition) is 5. The van der Waals surface area contributed by atoms with Crippen molar-refractivity contribution in [3.8, 4) is 17.0 Å². The van der Waals surface area contributed by atoms with Crippen LogP contribution >= 0.6 is 0 Å². The van der Waals surface area contributed by atoms with Crippen LogP contribution in [-0.4, -0.2) is 32.6 Å². The molecule has 3 N–H and O–H groups in total. The van der Waals surface area contributed by atoms with Crippen LogP contribution in [0.3, 0.4) is 0 Å². The minimum absolute atomic E-state index is 0.197. The van der Waals surface area contributed by atoms with Gasteiger partial charge in [0.1, 0.15) is 11.3 Å². The molecule has 1 aromatic carbocycles. The molecular weight excluding hydrogens is 294 g/mol. The Morgan fingerprint density at radius 2 is 1.91 bits per heavy atom. The molecule has 7 heteroatoms. The van der Waals surface area contributed by atoms with Gasteiger partial charge >= 0.3 is 6.03 Å². The summed E-state index contributed by atoms with van der Waals surface area (Å²) < 4.78 is 0. The van der Waals surface area contributed by atoms with Crippen LogP contribution < -0.4 is 10.6 Å². The van der Waals surface area contributed by atoms with E-state index in [0.29, 0.717) is 29.2 Å². The highest BCUT2D eigenvalue weighted by atomic mass is 16.3. The van der Waals surface area contributed by atoms with Crippen molar-refractivity contribution in [1.29, 1.82) is 0 Å². The molecular formula is C16H15N5O2. The second kappa shape index (κ2) is 6.27. The predicted molar refractivity (Wildman–Crippen MR) is 87.1 cm³/mol. The first-order valence-corrected chi connectivity index (χ1v) is 7.14. The van der Waals surface area contributed by atoms with E-state index in [4.69, 9.17) is 0 Å². The highest BCUT2D eigenvalue weighted by Crippen LogP contribution is 2.22. The number of pyridine rings is 1. The Balaban J connectivity index is 1.94. The first kappa shape index (κ1) is 14.7. The molecule has 0 saturated carbocycles. The third-order valence-electron chi connectivity index (χ3n) is 3.15. The SMILES string of the molecule is CCNC(=O)Nc1cnc2ccc(-c3ccc(O)cc3)nc2n1. The number of urea groups is 1. The smallest absolute Gasteiger partial charge is 0.320 e. The van der Waals surface area contributed by atoms with E-state index in [1.807, 2.05) is 19.1 Å². The van der Waals surface area contributed by atoms with Gasteiger partial charge in [-0.05, 0) is 43.3 Å². The van der Waals surface area contributed by atoms with E-state index >= 15 is 0 Å². The summed E-state index contributed by atoms with van der Waals surface area (Å²) in [6.45, 7) is 2.35. The molecule has 2 amide bonds. The fourth-order valence-electron chi connectivity index (χ4n) is 2.07. The van der Waals surface area contributed by atoms with Crippen LogP contribution in [0, 0.1) is 0 Å². The third-order valence-corrected chi connectivity index (χ3v) is 3.15. The molecule has 0 radical (unpaired) electrons. The molecule has 116 valence electrons. The maximum Gasteiger partial charge on any atom is 0.320 e. The lowest BCUT2D eigenvalue weighted by Crippen LogP contribution is -2.28. The Kier molecular flexibility index (Phi) is 4.01. The molecule has 7 nitrogen and oxygen atoms in total. The number of carbonyl (C=O) groups excluding carboxylic acids is 1. The zero-order valence-electron chi connectivity index (χ0n) is 12.4. The lowest BCUT2D eigenvalue weighted by molar-refractivity contribution is 0.252. The summed E-state index contributed by atoms with van der Waals surface area (Å²) in [5.41, 5.74) is 2.63. The zero-order chi connectivity index (χ0) is 16.2. The van der Waals surface area contributed by atoms with Crippen molar-refractivity contribution < 1.29 is 9.90 Å². The maximum atomic E-state index is 11.5.